The van der Waals surface area contributed by atoms with Crippen LogP contribution < -0.4 is 19.9 Å². The summed E-state index contributed by atoms with van der Waals surface area (Å²) in [7, 11) is 0. The second-order valence-electron chi connectivity index (χ2n) is 9.06. The van der Waals surface area contributed by atoms with Gasteiger partial charge in [-0.05, 0) is 105 Å². The topological polar surface area (TPSA) is 87.9 Å². The molecule has 0 saturated heterocycles. The van der Waals surface area contributed by atoms with Crippen LogP contribution in [0.4, 0.5) is 4.79 Å². The quantitative estimate of drug-likeness (QED) is 0.261. The molecule has 35 heavy (non-hydrogen) atoms. The van der Waals surface area contributed by atoms with Crippen molar-refractivity contribution in [1.29, 1.82) is 0 Å². The third kappa shape index (κ3) is 6.09. The number of amides is 1. The van der Waals surface area contributed by atoms with Crippen molar-refractivity contribution in [2.24, 2.45) is 5.73 Å². The van der Waals surface area contributed by atoms with Gasteiger partial charge in [0.25, 0.3) is 5.24 Å². The van der Waals surface area contributed by atoms with Crippen molar-refractivity contribution in [2.75, 3.05) is 13.2 Å². The maximum absolute atomic E-state index is 11.2. The van der Waals surface area contributed by atoms with Gasteiger partial charge in [0.1, 0.15) is 36.1 Å². The van der Waals surface area contributed by atoms with Crippen LogP contribution in [0.5, 0.6) is 17.2 Å². The third-order valence-electron chi connectivity index (χ3n) is 6.28. The molecule has 7 heteroatoms. The minimum absolute atomic E-state index is 0.256. The molecule has 1 atom stereocenters. The van der Waals surface area contributed by atoms with Gasteiger partial charge in [-0.15, -0.1) is 0 Å². The van der Waals surface area contributed by atoms with Gasteiger partial charge < -0.3 is 19.9 Å². The van der Waals surface area contributed by atoms with Crippen LogP contribution in [0.2, 0.25) is 0 Å². The van der Waals surface area contributed by atoms with E-state index in [-0.39, 0.29) is 4.91 Å². The van der Waals surface area contributed by atoms with Crippen LogP contribution in [0.1, 0.15) is 46.7 Å². The number of primary amides is 1. The fourth-order valence-electron chi connectivity index (χ4n) is 4.26. The number of hydrogen-bond acceptors (Lipinski definition) is 6. The summed E-state index contributed by atoms with van der Waals surface area (Å²) in [4.78, 5) is 22.5. The molecule has 1 amide bonds. The number of allylic oxidation sites excluding steroid dienone is 1. The van der Waals surface area contributed by atoms with Gasteiger partial charge in [-0.3, -0.25) is 9.59 Å². The number of carbonyl (C=O) groups excluding carboxylic acids is 2. The monoisotopic (exact) mass is 495 g/mol. The van der Waals surface area contributed by atoms with E-state index in [0.29, 0.717) is 31.3 Å². The highest BCUT2D eigenvalue weighted by Crippen LogP contribution is 2.44. The Morgan fingerprint density at radius 1 is 1.20 bits per heavy atom. The molecule has 2 aromatic carbocycles. The standard InChI is InChI=1S/C28H33NO5S/c1-7-12-32-25-18(3)19(4)26-23(20(25)5)10-11-28(6,34-26)16-33-24-9-8-21(13-17(24)2)14-22(15-30)35-27(29)31/h7-9,13-15H,1,10-12,16H2,2-6H3,(H2,29,31)/b22-14-. The SMILES string of the molecule is C=CCOc1c(C)c(C)c2c(c1C)CCC(C)(COc1ccc(/C=C(/C=O)SC(N)=O)cc1C)O2. The molecular formula is C28H33NO5S. The first-order valence-corrected chi connectivity index (χ1v) is 12.3. The van der Waals surface area contributed by atoms with Gasteiger partial charge in [-0.25, -0.2) is 0 Å². The van der Waals surface area contributed by atoms with Gasteiger partial charge in [-0.1, -0.05) is 18.7 Å². The maximum Gasteiger partial charge on any atom is 0.281 e. The Morgan fingerprint density at radius 2 is 1.94 bits per heavy atom. The van der Waals surface area contributed by atoms with Crippen LogP contribution >= 0.6 is 11.8 Å². The number of benzene rings is 2. The van der Waals surface area contributed by atoms with Crippen molar-refractivity contribution in [2.45, 2.75) is 53.1 Å². The average molecular weight is 496 g/mol. The van der Waals surface area contributed by atoms with E-state index in [4.69, 9.17) is 19.9 Å². The van der Waals surface area contributed by atoms with E-state index in [0.717, 1.165) is 57.9 Å². The van der Waals surface area contributed by atoms with Crippen LogP contribution in [-0.4, -0.2) is 30.3 Å². The molecule has 0 aromatic heterocycles. The first-order valence-electron chi connectivity index (χ1n) is 11.5. The number of carbonyl (C=O) groups is 2. The predicted molar refractivity (Wildman–Crippen MR) is 142 cm³/mol. The van der Waals surface area contributed by atoms with E-state index >= 15 is 0 Å². The summed E-state index contributed by atoms with van der Waals surface area (Å²) in [6.07, 6.45) is 5.69. The number of rotatable bonds is 9. The Hall–Kier alpha value is -3.19. The summed E-state index contributed by atoms with van der Waals surface area (Å²) in [5.74, 6) is 2.58. The molecule has 0 aliphatic carbocycles. The number of aldehydes is 1. The number of ether oxygens (including phenoxy) is 3. The lowest BCUT2D eigenvalue weighted by atomic mass is 9.87. The fourth-order valence-corrected chi connectivity index (χ4v) is 4.74. The molecule has 1 aliphatic heterocycles. The van der Waals surface area contributed by atoms with Crippen LogP contribution in [0.25, 0.3) is 6.08 Å². The summed E-state index contributed by atoms with van der Waals surface area (Å²) in [6.45, 7) is 14.8. The number of hydrogen-bond donors (Lipinski definition) is 1. The maximum atomic E-state index is 11.2. The Labute approximate surface area is 211 Å². The highest BCUT2D eigenvalue weighted by Gasteiger charge is 2.35. The van der Waals surface area contributed by atoms with Crippen LogP contribution in [-0.2, 0) is 11.2 Å². The summed E-state index contributed by atoms with van der Waals surface area (Å²) in [5.41, 5.74) is 10.9. The Balaban J connectivity index is 1.76. The fraction of sp³-hybridized carbons (Fsp3) is 0.357. The molecule has 1 aliphatic rings. The second kappa shape index (κ2) is 11.0. The average Bonchev–Trinajstić information content (AvgIpc) is 2.81. The first-order chi connectivity index (χ1) is 16.6. The largest absolute Gasteiger partial charge is 0.489 e. The van der Waals surface area contributed by atoms with E-state index in [1.165, 1.54) is 5.56 Å². The highest BCUT2D eigenvalue weighted by atomic mass is 32.2. The van der Waals surface area contributed by atoms with Crippen LogP contribution in [0, 0.1) is 27.7 Å². The molecule has 1 heterocycles. The summed E-state index contributed by atoms with van der Waals surface area (Å²) >= 11 is 0.707. The smallest absolute Gasteiger partial charge is 0.281 e. The summed E-state index contributed by atoms with van der Waals surface area (Å²) in [5, 5.41) is -0.622. The van der Waals surface area contributed by atoms with Gasteiger partial charge in [-0.2, -0.15) is 0 Å². The van der Waals surface area contributed by atoms with Crippen molar-refractivity contribution in [3.05, 3.63) is 69.1 Å². The van der Waals surface area contributed by atoms with Gasteiger partial charge >= 0.3 is 0 Å². The Bertz CT molecular complexity index is 1190. The van der Waals surface area contributed by atoms with E-state index in [1.54, 1.807) is 12.2 Å². The molecule has 186 valence electrons. The number of aryl methyl sites for hydroxylation is 1. The van der Waals surface area contributed by atoms with Crippen molar-refractivity contribution in [1.82, 2.24) is 0 Å². The molecule has 0 radical (unpaired) electrons. The van der Waals surface area contributed by atoms with Gasteiger partial charge in [0.2, 0.25) is 0 Å². The van der Waals surface area contributed by atoms with Gasteiger partial charge in [0.15, 0.2) is 6.29 Å². The summed E-state index contributed by atoms with van der Waals surface area (Å²) in [6, 6.07) is 5.61. The van der Waals surface area contributed by atoms with E-state index in [1.807, 2.05) is 25.1 Å². The van der Waals surface area contributed by atoms with Crippen molar-refractivity contribution in [3.8, 4) is 17.2 Å². The van der Waals surface area contributed by atoms with Crippen molar-refractivity contribution in [3.63, 3.8) is 0 Å². The Morgan fingerprint density at radius 3 is 2.57 bits per heavy atom. The molecule has 2 aromatic rings. The lowest BCUT2D eigenvalue weighted by Gasteiger charge is -2.38. The lowest BCUT2D eigenvalue weighted by Crippen LogP contribution is -2.42. The van der Waals surface area contributed by atoms with Crippen molar-refractivity contribution < 1.29 is 23.8 Å². The zero-order chi connectivity index (χ0) is 25.8. The minimum atomic E-state index is -0.622. The summed E-state index contributed by atoms with van der Waals surface area (Å²) < 4.78 is 18.7. The number of nitrogens with two attached hydrogens (primary N) is 1. The first kappa shape index (κ1) is 26.4. The molecule has 0 fully saturated rings. The third-order valence-corrected chi connectivity index (χ3v) is 6.94. The molecule has 6 nitrogen and oxygen atoms in total. The molecule has 0 spiro atoms. The zero-order valence-corrected chi connectivity index (χ0v) is 21.8. The molecular weight excluding hydrogens is 462 g/mol. The second-order valence-corrected chi connectivity index (χ2v) is 10.1. The molecule has 0 saturated carbocycles. The van der Waals surface area contributed by atoms with E-state index < -0.39 is 10.8 Å². The zero-order valence-electron chi connectivity index (χ0n) is 21.0. The van der Waals surface area contributed by atoms with E-state index in [2.05, 4.69) is 34.3 Å². The van der Waals surface area contributed by atoms with Crippen LogP contribution in [0.15, 0.2) is 35.8 Å². The van der Waals surface area contributed by atoms with Gasteiger partial charge in [0.05, 0.1) is 4.91 Å². The predicted octanol–water partition coefficient (Wildman–Crippen LogP) is 6.00. The van der Waals surface area contributed by atoms with Crippen molar-refractivity contribution >= 4 is 29.4 Å². The van der Waals surface area contributed by atoms with Crippen LogP contribution in [0.3, 0.4) is 0 Å². The number of thioether (sulfide) groups is 1. The minimum Gasteiger partial charge on any atom is -0.489 e. The normalized spacial score (nSPS) is 17.2. The molecule has 0 bridgehead atoms. The Kier molecular flexibility index (Phi) is 8.33. The number of fused-ring (bicyclic) bond motifs is 1. The molecule has 3 rings (SSSR count). The molecule has 2 N–H and O–H groups in total. The van der Waals surface area contributed by atoms with E-state index in [9.17, 15) is 9.59 Å². The lowest BCUT2D eigenvalue weighted by molar-refractivity contribution is -0.104. The molecule has 1 unspecified atom stereocenters. The highest BCUT2D eigenvalue weighted by molar-refractivity contribution is 8.17. The van der Waals surface area contributed by atoms with Gasteiger partial charge in [0, 0.05) is 5.56 Å².